The van der Waals surface area contributed by atoms with Crippen molar-refractivity contribution in [1.29, 1.82) is 0 Å². The Labute approximate surface area is 93.5 Å². The van der Waals surface area contributed by atoms with Crippen LogP contribution in [0.5, 0.6) is 0 Å². The van der Waals surface area contributed by atoms with Crippen LogP contribution in [0.15, 0.2) is 0 Å². The maximum atomic E-state index is 5.38. The van der Waals surface area contributed by atoms with Crippen molar-refractivity contribution in [3.8, 4) is 0 Å². The molecule has 0 bridgehead atoms. The molecule has 1 rings (SSSR count). The second-order valence-corrected chi connectivity index (χ2v) is 4.32. The van der Waals surface area contributed by atoms with E-state index in [1.54, 1.807) is 14.2 Å². The lowest BCUT2D eigenvalue weighted by atomic mass is 9.83. The Morgan fingerprint density at radius 1 is 1.13 bits per heavy atom. The Balaban J connectivity index is 2.53. The molecule has 0 aliphatic heterocycles. The molecule has 0 aromatic rings. The predicted molar refractivity (Wildman–Crippen MR) is 61.8 cm³/mol. The highest BCUT2D eigenvalue weighted by molar-refractivity contribution is 4.81. The van der Waals surface area contributed by atoms with E-state index in [4.69, 9.17) is 9.47 Å². The fourth-order valence-corrected chi connectivity index (χ4v) is 2.60. The predicted octanol–water partition coefficient (Wildman–Crippen LogP) is 2.16. The number of ether oxygens (including phenoxy) is 2. The van der Waals surface area contributed by atoms with Gasteiger partial charge < -0.3 is 14.8 Å². The topological polar surface area (TPSA) is 30.5 Å². The molecular formula is C12H25NO2. The Bertz CT molecular complexity index is 154. The van der Waals surface area contributed by atoms with E-state index in [0.29, 0.717) is 12.0 Å². The Morgan fingerprint density at radius 2 is 1.73 bits per heavy atom. The van der Waals surface area contributed by atoms with Gasteiger partial charge in [0.05, 0.1) is 6.04 Å². The van der Waals surface area contributed by atoms with E-state index in [-0.39, 0.29) is 6.29 Å². The van der Waals surface area contributed by atoms with Crippen molar-refractivity contribution in [2.24, 2.45) is 5.92 Å². The number of rotatable bonds is 6. The molecule has 0 aromatic heterocycles. The van der Waals surface area contributed by atoms with Gasteiger partial charge in [-0.15, -0.1) is 0 Å². The minimum atomic E-state index is -0.104. The van der Waals surface area contributed by atoms with E-state index in [0.717, 1.165) is 6.54 Å². The largest absolute Gasteiger partial charge is 0.354 e. The summed E-state index contributed by atoms with van der Waals surface area (Å²) in [4.78, 5) is 0. The molecule has 0 heterocycles. The molecule has 1 unspecified atom stereocenters. The fraction of sp³-hybridized carbons (Fsp3) is 1.00. The van der Waals surface area contributed by atoms with E-state index >= 15 is 0 Å². The summed E-state index contributed by atoms with van der Waals surface area (Å²) in [5, 5.41) is 3.50. The van der Waals surface area contributed by atoms with Gasteiger partial charge in [-0.3, -0.25) is 0 Å². The van der Waals surface area contributed by atoms with Crippen LogP contribution in [-0.4, -0.2) is 33.1 Å². The monoisotopic (exact) mass is 215 g/mol. The van der Waals surface area contributed by atoms with E-state index in [2.05, 4.69) is 12.2 Å². The van der Waals surface area contributed by atoms with Crippen LogP contribution in [0.25, 0.3) is 0 Å². The molecule has 1 N–H and O–H groups in total. The van der Waals surface area contributed by atoms with Crippen molar-refractivity contribution in [1.82, 2.24) is 5.32 Å². The van der Waals surface area contributed by atoms with Gasteiger partial charge in [0.25, 0.3) is 0 Å². The van der Waals surface area contributed by atoms with E-state index < -0.39 is 0 Å². The molecule has 90 valence electrons. The summed E-state index contributed by atoms with van der Waals surface area (Å²) in [6, 6.07) is 0.352. The van der Waals surface area contributed by atoms with Crippen LogP contribution in [0, 0.1) is 5.92 Å². The molecule has 1 saturated carbocycles. The fourth-order valence-electron chi connectivity index (χ4n) is 2.60. The summed E-state index contributed by atoms with van der Waals surface area (Å²) in [5.74, 6) is 0.712. The van der Waals surface area contributed by atoms with Gasteiger partial charge in [-0.2, -0.15) is 0 Å². The third-order valence-electron chi connectivity index (χ3n) is 3.36. The quantitative estimate of drug-likeness (QED) is 0.689. The van der Waals surface area contributed by atoms with Crippen molar-refractivity contribution in [2.45, 2.75) is 51.4 Å². The van der Waals surface area contributed by atoms with Crippen LogP contribution in [0.3, 0.4) is 0 Å². The van der Waals surface area contributed by atoms with Crippen LogP contribution < -0.4 is 5.32 Å². The normalized spacial score (nSPS) is 20.8. The number of likely N-dealkylation sites (N-methyl/N-ethyl adjacent to an activating group) is 1. The highest BCUT2D eigenvalue weighted by Crippen LogP contribution is 2.28. The van der Waals surface area contributed by atoms with Gasteiger partial charge in [0.2, 0.25) is 0 Å². The van der Waals surface area contributed by atoms with E-state index in [9.17, 15) is 0 Å². The molecule has 1 fully saturated rings. The average Bonchev–Trinajstić information content (AvgIpc) is 2.30. The minimum Gasteiger partial charge on any atom is -0.354 e. The Kier molecular flexibility index (Phi) is 6.22. The third-order valence-corrected chi connectivity index (χ3v) is 3.36. The van der Waals surface area contributed by atoms with E-state index in [1.807, 2.05) is 0 Å². The number of methoxy groups -OCH3 is 2. The lowest BCUT2D eigenvalue weighted by Gasteiger charge is -2.34. The zero-order valence-electron chi connectivity index (χ0n) is 10.3. The molecule has 0 spiro atoms. The molecule has 3 nitrogen and oxygen atoms in total. The molecule has 15 heavy (non-hydrogen) atoms. The van der Waals surface area contributed by atoms with Crippen molar-refractivity contribution in [3.05, 3.63) is 0 Å². The number of hydrogen-bond acceptors (Lipinski definition) is 3. The smallest absolute Gasteiger partial charge is 0.172 e. The van der Waals surface area contributed by atoms with E-state index in [1.165, 1.54) is 32.1 Å². The zero-order chi connectivity index (χ0) is 11.1. The zero-order valence-corrected chi connectivity index (χ0v) is 10.3. The van der Waals surface area contributed by atoms with Crippen LogP contribution in [0.2, 0.25) is 0 Å². The van der Waals surface area contributed by atoms with Gasteiger partial charge in [0.1, 0.15) is 0 Å². The first kappa shape index (κ1) is 12.9. The first-order valence-electron chi connectivity index (χ1n) is 6.12. The molecule has 0 amide bonds. The molecule has 0 saturated heterocycles. The summed E-state index contributed by atoms with van der Waals surface area (Å²) >= 11 is 0. The molecule has 1 aliphatic carbocycles. The van der Waals surface area contributed by atoms with Crippen molar-refractivity contribution < 1.29 is 9.47 Å². The summed E-state index contributed by atoms with van der Waals surface area (Å²) < 4.78 is 10.8. The first-order chi connectivity index (χ1) is 7.33. The van der Waals surface area contributed by atoms with Gasteiger partial charge in [-0.25, -0.2) is 0 Å². The molecule has 3 heteroatoms. The maximum Gasteiger partial charge on any atom is 0.172 e. The minimum absolute atomic E-state index is 0.104. The highest BCUT2D eigenvalue weighted by atomic mass is 16.7. The van der Waals surface area contributed by atoms with Crippen molar-refractivity contribution in [2.75, 3.05) is 20.8 Å². The first-order valence-corrected chi connectivity index (χ1v) is 6.12. The molecule has 1 atom stereocenters. The van der Waals surface area contributed by atoms with Gasteiger partial charge in [0, 0.05) is 14.2 Å². The summed E-state index contributed by atoms with van der Waals surface area (Å²) in [5.41, 5.74) is 0. The third kappa shape index (κ3) is 3.74. The number of nitrogens with one attached hydrogen (secondary N) is 1. The summed E-state index contributed by atoms with van der Waals surface area (Å²) in [7, 11) is 3.45. The van der Waals surface area contributed by atoms with Gasteiger partial charge in [-0.05, 0) is 25.3 Å². The average molecular weight is 215 g/mol. The SMILES string of the molecule is CCNC(C1CCCCC1)C(OC)OC. The van der Waals surface area contributed by atoms with Crippen LogP contribution in [0.4, 0.5) is 0 Å². The van der Waals surface area contributed by atoms with Gasteiger partial charge in [0.15, 0.2) is 6.29 Å². The second-order valence-electron chi connectivity index (χ2n) is 4.32. The standard InChI is InChI=1S/C12H25NO2/c1-4-13-11(12(14-2)15-3)10-8-6-5-7-9-10/h10-13H,4-9H2,1-3H3. The highest BCUT2D eigenvalue weighted by Gasteiger charge is 2.29. The second kappa shape index (κ2) is 7.20. The van der Waals surface area contributed by atoms with Crippen molar-refractivity contribution in [3.63, 3.8) is 0 Å². The number of hydrogen-bond donors (Lipinski definition) is 1. The van der Waals surface area contributed by atoms with Crippen LogP contribution in [-0.2, 0) is 9.47 Å². The van der Waals surface area contributed by atoms with Gasteiger partial charge in [-0.1, -0.05) is 26.2 Å². The molecule has 0 radical (unpaired) electrons. The van der Waals surface area contributed by atoms with Crippen LogP contribution >= 0.6 is 0 Å². The summed E-state index contributed by atoms with van der Waals surface area (Å²) in [6.45, 7) is 3.11. The van der Waals surface area contributed by atoms with Gasteiger partial charge >= 0.3 is 0 Å². The molecule has 0 aromatic carbocycles. The lowest BCUT2D eigenvalue weighted by Crippen LogP contribution is -2.47. The Morgan fingerprint density at radius 3 is 2.20 bits per heavy atom. The Hall–Kier alpha value is -0.120. The molecular weight excluding hydrogens is 190 g/mol. The van der Waals surface area contributed by atoms with Crippen molar-refractivity contribution >= 4 is 0 Å². The lowest BCUT2D eigenvalue weighted by molar-refractivity contribution is -0.135. The summed E-state index contributed by atoms with van der Waals surface area (Å²) in [6.07, 6.45) is 6.61. The van der Waals surface area contributed by atoms with Crippen LogP contribution in [0.1, 0.15) is 39.0 Å². The molecule has 1 aliphatic rings. The maximum absolute atomic E-state index is 5.38.